The number of carbonyl (C=O) groups excluding carboxylic acids is 1. The van der Waals surface area contributed by atoms with E-state index >= 15 is 0 Å². The number of hydrogen-bond acceptors (Lipinski definition) is 5. The SMILES string of the molecule is O=C(OCc1ccccc1)N(Cc1ccccc1)[C@@H]1CC=C[C@@H](OCc2ccccc2)[C@H](OCc2ccccc2)[C@H]1O. The van der Waals surface area contributed by atoms with Gasteiger partial charge in [0.05, 0.1) is 19.3 Å². The Morgan fingerprint density at radius 1 is 0.667 bits per heavy atom. The topological polar surface area (TPSA) is 68.2 Å². The molecule has 0 saturated carbocycles. The highest BCUT2D eigenvalue weighted by Crippen LogP contribution is 2.27. The van der Waals surface area contributed by atoms with Crippen LogP contribution >= 0.6 is 0 Å². The third-order valence-corrected chi connectivity index (χ3v) is 7.36. The molecule has 6 nitrogen and oxygen atoms in total. The molecule has 4 aromatic rings. The number of amides is 1. The fourth-order valence-electron chi connectivity index (χ4n) is 5.10. The quantitative estimate of drug-likeness (QED) is 0.206. The van der Waals surface area contributed by atoms with Crippen LogP contribution in [0.3, 0.4) is 0 Å². The number of carbonyl (C=O) groups is 1. The molecule has 0 spiro atoms. The van der Waals surface area contributed by atoms with Gasteiger partial charge in [0.15, 0.2) is 0 Å². The third-order valence-electron chi connectivity index (χ3n) is 7.36. The average molecular weight is 564 g/mol. The van der Waals surface area contributed by atoms with Gasteiger partial charge in [0, 0.05) is 6.54 Å². The van der Waals surface area contributed by atoms with Crippen molar-refractivity contribution >= 4 is 6.09 Å². The van der Waals surface area contributed by atoms with Gasteiger partial charge < -0.3 is 19.3 Å². The summed E-state index contributed by atoms with van der Waals surface area (Å²) in [7, 11) is 0. The van der Waals surface area contributed by atoms with Gasteiger partial charge in [-0.05, 0) is 28.7 Å². The van der Waals surface area contributed by atoms with Gasteiger partial charge in [0.1, 0.15) is 24.9 Å². The first-order valence-corrected chi connectivity index (χ1v) is 14.3. The monoisotopic (exact) mass is 563 g/mol. The molecule has 216 valence electrons. The maximum Gasteiger partial charge on any atom is 0.410 e. The highest BCUT2D eigenvalue weighted by molar-refractivity contribution is 5.68. The van der Waals surface area contributed by atoms with Gasteiger partial charge in [-0.25, -0.2) is 4.79 Å². The van der Waals surface area contributed by atoms with E-state index in [9.17, 15) is 9.90 Å². The van der Waals surface area contributed by atoms with Crippen LogP contribution in [0.2, 0.25) is 0 Å². The molecule has 0 aromatic heterocycles. The summed E-state index contributed by atoms with van der Waals surface area (Å²) in [5, 5.41) is 11.9. The van der Waals surface area contributed by atoms with Crippen molar-refractivity contribution in [2.24, 2.45) is 0 Å². The summed E-state index contributed by atoms with van der Waals surface area (Å²) in [4.78, 5) is 15.3. The smallest absolute Gasteiger partial charge is 0.410 e. The highest BCUT2D eigenvalue weighted by Gasteiger charge is 2.40. The van der Waals surface area contributed by atoms with Crippen molar-refractivity contribution in [3.05, 3.63) is 156 Å². The lowest BCUT2D eigenvalue weighted by Gasteiger charge is -2.37. The Hall–Kier alpha value is -4.23. The molecule has 5 rings (SSSR count). The van der Waals surface area contributed by atoms with Gasteiger partial charge in [-0.1, -0.05) is 133 Å². The van der Waals surface area contributed by atoms with Crippen LogP contribution in [0.1, 0.15) is 28.7 Å². The minimum absolute atomic E-state index is 0.139. The number of benzene rings is 4. The predicted octanol–water partition coefficient (Wildman–Crippen LogP) is 6.69. The van der Waals surface area contributed by atoms with Crippen molar-refractivity contribution in [1.29, 1.82) is 0 Å². The second kappa shape index (κ2) is 15.1. The molecule has 4 aromatic carbocycles. The van der Waals surface area contributed by atoms with E-state index in [1.807, 2.05) is 133 Å². The molecule has 0 saturated heterocycles. The average Bonchev–Trinajstić information content (AvgIpc) is 3.20. The number of aliphatic hydroxyl groups is 1. The van der Waals surface area contributed by atoms with E-state index < -0.39 is 30.4 Å². The Morgan fingerprint density at radius 3 is 1.69 bits per heavy atom. The molecular formula is C36H37NO5. The Labute approximate surface area is 247 Å². The first-order valence-electron chi connectivity index (χ1n) is 14.3. The second-order valence-electron chi connectivity index (χ2n) is 10.4. The number of hydrogen-bond donors (Lipinski definition) is 1. The van der Waals surface area contributed by atoms with E-state index in [0.717, 1.165) is 22.3 Å². The van der Waals surface area contributed by atoms with Crippen LogP contribution in [0.5, 0.6) is 0 Å². The summed E-state index contributed by atoms with van der Waals surface area (Å²) in [5.41, 5.74) is 3.84. The number of nitrogens with zero attached hydrogens (tertiary/aromatic N) is 1. The molecule has 4 atom stereocenters. The zero-order valence-electron chi connectivity index (χ0n) is 23.6. The minimum atomic E-state index is -1.04. The first-order chi connectivity index (χ1) is 20.7. The van der Waals surface area contributed by atoms with Crippen LogP contribution in [0.15, 0.2) is 133 Å². The van der Waals surface area contributed by atoms with E-state index in [1.54, 1.807) is 4.90 Å². The van der Waals surface area contributed by atoms with Crippen molar-refractivity contribution < 1.29 is 24.1 Å². The van der Waals surface area contributed by atoms with Crippen molar-refractivity contribution in [2.75, 3.05) is 0 Å². The molecule has 0 bridgehead atoms. The summed E-state index contributed by atoms with van der Waals surface area (Å²) in [5.74, 6) is 0. The molecule has 1 N–H and O–H groups in total. The lowest BCUT2D eigenvalue weighted by atomic mass is 9.99. The van der Waals surface area contributed by atoms with Gasteiger partial charge in [-0.3, -0.25) is 4.90 Å². The van der Waals surface area contributed by atoms with Crippen LogP contribution in [0, 0.1) is 0 Å². The molecule has 1 aliphatic rings. The molecule has 1 aliphatic carbocycles. The third kappa shape index (κ3) is 8.17. The maximum atomic E-state index is 13.7. The van der Waals surface area contributed by atoms with Gasteiger partial charge in [-0.15, -0.1) is 0 Å². The van der Waals surface area contributed by atoms with E-state index in [1.165, 1.54) is 0 Å². The fourth-order valence-corrected chi connectivity index (χ4v) is 5.10. The Bertz CT molecular complexity index is 1380. The van der Waals surface area contributed by atoms with E-state index in [4.69, 9.17) is 14.2 Å². The van der Waals surface area contributed by atoms with Gasteiger partial charge >= 0.3 is 6.09 Å². The fraction of sp³-hybridized carbons (Fsp3) is 0.250. The molecule has 0 fully saturated rings. The Morgan fingerprint density at radius 2 is 1.14 bits per heavy atom. The van der Waals surface area contributed by atoms with E-state index in [-0.39, 0.29) is 13.2 Å². The number of ether oxygens (including phenoxy) is 3. The molecule has 0 aliphatic heterocycles. The zero-order chi connectivity index (χ0) is 29.0. The molecule has 0 radical (unpaired) electrons. The van der Waals surface area contributed by atoms with Crippen LogP contribution in [0.25, 0.3) is 0 Å². The van der Waals surface area contributed by atoms with Crippen LogP contribution < -0.4 is 0 Å². The Balaban J connectivity index is 1.38. The van der Waals surface area contributed by atoms with Crippen LogP contribution in [-0.4, -0.2) is 40.5 Å². The van der Waals surface area contributed by atoms with Gasteiger partial charge in [-0.2, -0.15) is 0 Å². The van der Waals surface area contributed by atoms with Crippen molar-refractivity contribution in [1.82, 2.24) is 4.90 Å². The molecule has 1 amide bonds. The van der Waals surface area contributed by atoms with E-state index in [0.29, 0.717) is 19.6 Å². The summed E-state index contributed by atoms with van der Waals surface area (Å²) in [6.45, 7) is 1.09. The van der Waals surface area contributed by atoms with Crippen LogP contribution in [-0.2, 0) is 40.6 Å². The normalized spacial score (nSPS) is 20.0. The summed E-state index contributed by atoms with van der Waals surface area (Å²) in [6.07, 6.45) is 1.55. The predicted molar refractivity (Wildman–Crippen MR) is 162 cm³/mol. The molecule has 0 heterocycles. The van der Waals surface area contributed by atoms with Crippen LogP contribution in [0.4, 0.5) is 4.79 Å². The highest BCUT2D eigenvalue weighted by atomic mass is 16.6. The molecule has 6 heteroatoms. The van der Waals surface area contributed by atoms with Crippen molar-refractivity contribution in [3.8, 4) is 0 Å². The summed E-state index contributed by atoms with van der Waals surface area (Å²) < 4.78 is 18.5. The van der Waals surface area contributed by atoms with E-state index in [2.05, 4.69) is 0 Å². The summed E-state index contributed by atoms with van der Waals surface area (Å²) >= 11 is 0. The van der Waals surface area contributed by atoms with Gasteiger partial charge in [0.25, 0.3) is 0 Å². The second-order valence-corrected chi connectivity index (χ2v) is 10.4. The standard InChI is InChI=1S/C36H37NO5/c38-34-32(37(24-28-14-5-1-6-15-28)36(39)42-27-31-20-11-4-12-21-31)22-13-23-33(40-25-29-16-7-2-8-17-29)35(34)41-26-30-18-9-3-10-19-30/h1-21,23,32-35,38H,22,24-27H2/t32-,33-,34+,35+/m1/s1. The summed E-state index contributed by atoms with van der Waals surface area (Å²) in [6, 6.07) is 38.5. The first kappa shape index (κ1) is 29.3. The lowest BCUT2D eigenvalue weighted by molar-refractivity contribution is -0.131. The zero-order valence-corrected chi connectivity index (χ0v) is 23.6. The molecule has 42 heavy (non-hydrogen) atoms. The maximum absolute atomic E-state index is 13.7. The Kier molecular flexibility index (Phi) is 10.5. The minimum Gasteiger partial charge on any atom is -0.445 e. The van der Waals surface area contributed by atoms with Crippen molar-refractivity contribution in [3.63, 3.8) is 0 Å². The number of aliphatic hydroxyl groups excluding tert-OH is 1. The molecular weight excluding hydrogens is 526 g/mol. The number of rotatable bonds is 11. The largest absolute Gasteiger partial charge is 0.445 e. The van der Waals surface area contributed by atoms with Crippen molar-refractivity contribution in [2.45, 2.75) is 57.1 Å². The lowest BCUT2D eigenvalue weighted by Crippen LogP contribution is -2.53. The van der Waals surface area contributed by atoms with Gasteiger partial charge in [0.2, 0.25) is 0 Å². The molecule has 0 unspecified atom stereocenters.